The normalized spacial score (nSPS) is 10.8. The summed E-state index contributed by atoms with van der Waals surface area (Å²) < 4.78 is 5.09. The molecule has 2 rings (SSSR count). The number of hydrogen-bond donors (Lipinski definition) is 1. The molecular formula is C14H14N2O5. The minimum Gasteiger partial charge on any atom is -0.478 e. The first kappa shape index (κ1) is 14.7. The third kappa shape index (κ3) is 3.90. The van der Waals surface area contributed by atoms with E-state index in [-0.39, 0.29) is 11.4 Å². The highest BCUT2D eigenvalue weighted by Crippen LogP contribution is 2.17. The highest BCUT2D eigenvalue weighted by Gasteiger charge is 2.13. The maximum absolute atomic E-state index is 10.8. The Balaban J connectivity index is 1.95. The van der Waals surface area contributed by atoms with Crippen LogP contribution in [0.5, 0.6) is 0 Å². The Morgan fingerprint density at radius 2 is 1.90 bits per heavy atom. The van der Waals surface area contributed by atoms with Gasteiger partial charge in [0.05, 0.1) is 18.2 Å². The molecule has 0 amide bonds. The van der Waals surface area contributed by atoms with E-state index in [1.54, 1.807) is 30.3 Å². The number of furan rings is 1. The Morgan fingerprint density at radius 1 is 1.24 bits per heavy atom. The Kier molecular flexibility index (Phi) is 4.34. The second-order valence-corrected chi connectivity index (χ2v) is 4.67. The van der Waals surface area contributed by atoms with Gasteiger partial charge in [0.2, 0.25) is 0 Å². The van der Waals surface area contributed by atoms with Gasteiger partial charge in [-0.1, -0.05) is 12.1 Å². The minimum atomic E-state index is -0.960. The number of carboxylic acid groups (broad SMARTS) is 1. The van der Waals surface area contributed by atoms with Crippen LogP contribution in [-0.2, 0) is 13.1 Å². The van der Waals surface area contributed by atoms with Crippen LogP contribution in [0.25, 0.3) is 0 Å². The maximum Gasteiger partial charge on any atom is 0.433 e. The Hall–Kier alpha value is -2.67. The molecule has 2 aromatic rings. The summed E-state index contributed by atoms with van der Waals surface area (Å²) in [4.78, 5) is 22.6. The molecule has 0 radical (unpaired) electrons. The number of aromatic carboxylic acids is 1. The van der Waals surface area contributed by atoms with Gasteiger partial charge in [0, 0.05) is 6.54 Å². The van der Waals surface area contributed by atoms with Crippen molar-refractivity contribution >= 4 is 11.9 Å². The lowest BCUT2D eigenvalue weighted by atomic mass is 10.1. The molecule has 1 aromatic heterocycles. The molecule has 1 N–H and O–H groups in total. The van der Waals surface area contributed by atoms with Crippen LogP contribution in [0.3, 0.4) is 0 Å². The summed E-state index contributed by atoms with van der Waals surface area (Å²) in [7, 11) is 1.85. The number of carboxylic acids is 1. The fraction of sp³-hybridized carbons (Fsp3) is 0.214. The molecule has 0 aliphatic heterocycles. The van der Waals surface area contributed by atoms with E-state index in [9.17, 15) is 14.9 Å². The van der Waals surface area contributed by atoms with Gasteiger partial charge in [0.15, 0.2) is 0 Å². The molecule has 7 heteroatoms. The number of nitro groups is 1. The van der Waals surface area contributed by atoms with Gasteiger partial charge in [0.25, 0.3) is 0 Å². The number of rotatable bonds is 6. The molecule has 0 bridgehead atoms. The van der Waals surface area contributed by atoms with E-state index in [4.69, 9.17) is 9.52 Å². The minimum absolute atomic E-state index is 0.239. The van der Waals surface area contributed by atoms with E-state index in [2.05, 4.69) is 0 Å². The van der Waals surface area contributed by atoms with E-state index < -0.39 is 10.9 Å². The first-order valence-corrected chi connectivity index (χ1v) is 6.19. The molecule has 0 atom stereocenters. The summed E-state index contributed by atoms with van der Waals surface area (Å²) in [5.41, 5.74) is 1.19. The van der Waals surface area contributed by atoms with Crippen LogP contribution >= 0.6 is 0 Å². The molecule has 0 aliphatic carbocycles. The third-order valence-electron chi connectivity index (χ3n) is 2.91. The molecule has 1 aromatic carbocycles. The summed E-state index contributed by atoms with van der Waals surface area (Å²) in [6, 6.07) is 9.47. The molecule has 0 saturated heterocycles. The Labute approximate surface area is 120 Å². The van der Waals surface area contributed by atoms with Gasteiger partial charge in [0.1, 0.15) is 10.7 Å². The topological polar surface area (TPSA) is 96.8 Å². The quantitative estimate of drug-likeness (QED) is 0.648. The smallest absolute Gasteiger partial charge is 0.433 e. The summed E-state index contributed by atoms with van der Waals surface area (Å²) in [5.74, 6) is -0.728. The zero-order chi connectivity index (χ0) is 15.4. The van der Waals surface area contributed by atoms with Crippen LogP contribution in [-0.4, -0.2) is 27.9 Å². The third-order valence-corrected chi connectivity index (χ3v) is 2.91. The van der Waals surface area contributed by atoms with E-state index in [1.165, 1.54) is 6.07 Å². The van der Waals surface area contributed by atoms with Crippen LogP contribution in [0.2, 0.25) is 0 Å². The van der Waals surface area contributed by atoms with Crippen molar-refractivity contribution in [3.63, 3.8) is 0 Å². The van der Waals surface area contributed by atoms with Crippen molar-refractivity contribution in [2.24, 2.45) is 0 Å². The predicted molar refractivity (Wildman–Crippen MR) is 73.9 cm³/mol. The fourth-order valence-electron chi connectivity index (χ4n) is 1.94. The van der Waals surface area contributed by atoms with Crippen molar-refractivity contribution in [2.45, 2.75) is 13.1 Å². The zero-order valence-electron chi connectivity index (χ0n) is 11.4. The molecule has 0 unspecified atom stereocenters. The first-order chi connectivity index (χ1) is 9.95. The lowest BCUT2D eigenvalue weighted by Gasteiger charge is -2.15. The lowest BCUT2D eigenvalue weighted by Crippen LogP contribution is -2.16. The molecule has 110 valence electrons. The van der Waals surface area contributed by atoms with Gasteiger partial charge in [-0.3, -0.25) is 15.0 Å². The molecule has 0 spiro atoms. The largest absolute Gasteiger partial charge is 0.478 e. The Bertz CT molecular complexity index is 648. The van der Waals surface area contributed by atoms with E-state index >= 15 is 0 Å². The second-order valence-electron chi connectivity index (χ2n) is 4.67. The zero-order valence-corrected chi connectivity index (χ0v) is 11.4. The number of benzene rings is 1. The van der Waals surface area contributed by atoms with Gasteiger partial charge in [-0.25, -0.2) is 4.79 Å². The highest BCUT2D eigenvalue weighted by atomic mass is 16.6. The Morgan fingerprint density at radius 3 is 2.43 bits per heavy atom. The van der Waals surface area contributed by atoms with Gasteiger partial charge in [-0.15, -0.1) is 0 Å². The number of hydrogen-bond acceptors (Lipinski definition) is 5. The average molecular weight is 290 g/mol. The van der Waals surface area contributed by atoms with Gasteiger partial charge in [-0.2, -0.15) is 0 Å². The van der Waals surface area contributed by atoms with Crippen LogP contribution in [0.4, 0.5) is 5.88 Å². The summed E-state index contributed by atoms with van der Waals surface area (Å²) in [5, 5.41) is 19.3. The molecule has 0 aliphatic rings. The summed E-state index contributed by atoms with van der Waals surface area (Å²) >= 11 is 0. The fourth-order valence-corrected chi connectivity index (χ4v) is 1.94. The van der Waals surface area contributed by atoms with Crippen LogP contribution < -0.4 is 0 Å². The van der Waals surface area contributed by atoms with E-state index in [0.29, 0.717) is 18.8 Å². The van der Waals surface area contributed by atoms with Crippen molar-refractivity contribution in [3.8, 4) is 0 Å². The predicted octanol–water partition coefficient (Wildman–Crippen LogP) is 2.52. The van der Waals surface area contributed by atoms with Gasteiger partial charge < -0.3 is 9.52 Å². The summed E-state index contributed by atoms with van der Waals surface area (Å²) in [6.45, 7) is 1.00. The van der Waals surface area contributed by atoms with Crippen molar-refractivity contribution in [1.82, 2.24) is 4.90 Å². The molecule has 0 saturated carbocycles. The highest BCUT2D eigenvalue weighted by molar-refractivity contribution is 5.87. The molecular weight excluding hydrogens is 276 g/mol. The molecule has 0 fully saturated rings. The molecule has 1 heterocycles. The van der Waals surface area contributed by atoms with Gasteiger partial charge in [-0.05, 0) is 30.8 Å². The molecule has 7 nitrogen and oxygen atoms in total. The second kappa shape index (κ2) is 6.19. The van der Waals surface area contributed by atoms with Crippen molar-refractivity contribution in [2.75, 3.05) is 7.05 Å². The number of nitrogens with zero attached hydrogens (tertiary/aromatic N) is 2. The molecule has 21 heavy (non-hydrogen) atoms. The standard InChI is InChI=1S/C14H14N2O5/c1-15(9-12-6-7-13(21-12)16(19)20)8-10-2-4-11(5-3-10)14(17)18/h2-7H,8-9H2,1H3,(H,17,18). The summed E-state index contributed by atoms with van der Waals surface area (Å²) in [6.07, 6.45) is 0. The van der Waals surface area contributed by atoms with Crippen LogP contribution in [0, 0.1) is 10.1 Å². The maximum atomic E-state index is 10.8. The van der Waals surface area contributed by atoms with E-state index in [0.717, 1.165) is 5.56 Å². The van der Waals surface area contributed by atoms with E-state index in [1.807, 2.05) is 11.9 Å². The van der Waals surface area contributed by atoms with Gasteiger partial charge >= 0.3 is 11.9 Å². The van der Waals surface area contributed by atoms with Crippen molar-refractivity contribution < 1.29 is 19.2 Å². The number of carbonyl (C=O) groups is 1. The first-order valence-electron chi connectivity index (χ1n) is 6.19. The SMILES string of the molecule is CN(Cc1ccc(C(=O)O)cc1)Cc1ccc([N+](=O)[O-])o1. The van der Waals surface area contributed by atoms with Crippen molar-refractivity contribution in [1.29, 1.82) is 0 Å². The van der Waals surface area contributed by atoms with Crippen LogP contribution in [0.1, 0.15) is 21.7 Å². The average Bonchev–Trinajstić information content (AvgIpc) is 2.87. The van der Waals surface area contributed by atoms with Crippen LogP contribution in [0.15, 0.2) is 40.8 Å². The van der Waals surface area contributed by atoms with Crippen molar-refractivity contribution in [3.05, 3.63) is 63.4 Å². The lowest BCUT2D eigenvalue weighted by molar-refractivity contribution is -0.402. The monoisotopic (exact) mass is 290 g/mol.